The van der Waals surface area contributed by atoms with E-state index in [2.05, 4.69) is 15.6 Å². The van der Waals surface area contributed by atoms with E-state index in [1.165, 1.54) is 16.9 Å². The fourth-order valence-corrected chi connectivity index (χ4v) is 1.78. The van der Waals surface area contributed by atoms with E-state index in [9.17, 15) is 13.6 Å². The van der Waals surface area contributed by atoms with E-state index in [4.69, 9.17) is 5.73 Å². The molecule has 1 aromatic heterocycles. The normalized spacial score (nSPS) is 12.2. The predicted molar refractivity (Wildman–Crippen MR) is 71.3 cm³/mol. The van der Waals surface area contributed by atoms with Crippen molar-refractivity contribution in [3.63, 3.8) is 0 Å². The van der Waals surface area contributed by atoms with Gasteiger partial charge in [0.15, 0.2) is 17.3 Å². The molecule has 0 aliphatic carbocycles. The molecule has 2 aromatic rings. The summed E-state index contributed by atoms with van der Waals surface area (Å²) in [6, 6.07) is 2.98. The van der Waals surface area contributed by atoms with Gasteiger partial charge in [-0.15, -0.1) is 5.10 Å². The number of carbonyl (C=O) groups excluding carboxylic acids is 1. The highest BCUT2D eigenvalue weighted by Crippen LogP contribution is 2.16. The fraction of sp³-hybridized carbons (Fsp3) is 0.308. The van der Waals surface area contributed by atoms with Gasteiger partial charge in [0.25, 0.3) is 5.91 Å². The van der Waals surface area contributed by atoms with Gasteiger partial charge in [0.2, 0.25) is 0 Å². The molecule has 6 nitrogen and oxygen atoms in total. The second kappa shape index (κ2) is 6.40. The molecular formula is C13H15F2N5O. The lowest BCUT2D eigenvalue weighted by atomic mass is 10.1. The van der Waals surface area contributed by atoms with Crippen LogP contribution in [0.15, 0.2) is 24.4 Å². The lowest BCUT2D eigenvalue weighted by Crippen LogP contribution is -2.27. The zero-order valence-electron chi connectivity index (χ0n) is 11.4. The lowest BCUT2D eigenvalue weighted by Gasteiger charge is -2.13. The Balaban J connectivity index is 2.05. The van der Waals surface area contributed by atoms with E-state index in [-0.39, 0.29) is 5.69 Å². The molecule has 0 radical (unpaired) electrons. The van der Waals surface area contributed by atoms with Gasteiger partial charge < -0.3 is 11.1 Å². The largest absolute Gasteiger partial charge is 0.344 e. The monoisotopic (exact) mass is 295 g/mol. The van der Waals surface area contributed by atoms with Gasteiger partial charge in [0.05, 0.1) is 18.8 Å². The minimum Gasteiger partial charge on any atom is -0.344 e. The number of nitrogens with two attached hydrogens (primary N) is 1. The Kier molecular flexibility index (Phi) is 4.59. The van der Waals surface area contributed by atoms with Crippen LogP contribution in [0, 0.1) is 11.6 Å². The maximum atomic E-state index is 13.2. The molecular weight excluding hydrogens is 280 g/mol. The van der Waals surface area contributed by atoms with Gasteiger partial charge in [-0.3, -0.25) is 9.48 Å². The molecule has 0 spiro atoms. The number of carbonyl (C=O) groups is 1. The molecule has 0 saturated heterocycles. The number of nitrogens with zero attached hydrogens (tertiary/aromatic N) is 3. The summed E-state index contributed by atoms with van der Waals surface area (Å²) in [4.78, 5) is 12.0. The number of halogens is 2. The van der Waals surface area contributed by atoms with Crippen molar-refractivity contribution >= 4 is 5.91 Å². The molecule has 1 heterocycles. The molecule has 0 bridgehead atoms. The minimum absolute atomic E-state index is 0.137. The second-order valence-electron chi connectivity index (χ2n) is 4.52. The van der Waals surface area contributed by atoms with Crippen LogP contribution in [0.2, 0.25) is 0 Å². The first-order chi connectivity index (χ1) is 10.0. The number of rotatable bonds is 5. The maximum absolute atomic E-state index is 13.2. The number of aromatic nitrogens is 3. The summed E-state index contributed by atoms with van der Waals surface area (Å²) in [6.07, 6.45) is 1.47. The van der Waals surface area contributed by atoms with Gasteiger partial charge in [-0.05, 0) is 24.6 Å². The molecule has 1 amide bonds. The zero-order chi connectivity index (χ0) is 15.4. The van der Waals surface area contributed by atoms with E-state index in [1.807, 2.05) is 0 Å². The third-order valence-corrected chi connectivity index (χ3v) is 2.92. The minimum atomic E-state index is -0.956. The topological polar surface area (TPSA) is 85.8 Å². The van der Waals surface area contributed by atoms with Crippen molar-refractivity contribution in [2.75, 3.05) is 6.54 Å². The first-order valence-electron chi connectivity index (χ1n) is 6.37. The lowest BCUT2D eigenvalue weighted by molar-refractivity contribution is 0.0934. The molecule has 0 aliphatic rings. The smallest absolute Gasteiger partial charge is 0.273 e. The van der Waals surface area contributed by atoms with Gasteiger partial charge in [-0.1, -0.05) is 11.3 Å². The van der Waals surface area contributed by atoms with Crippen molar-refractivity contribution in [1.82, 2.24) is 20.3 Å². The van der Waals surface area contributed by atoms with Crippen LogP contribution in [0.1, 0.15) is 29.0 Å². The second-order valence-corrected chi connectivity index (χ2v) is 4.52. The van der Waals surface area contributed by atoms with Crippen molar-refractivity contribution in [1.29, 1.82) is 0 Å². The van der Waals surface area contributed by atoms with E-state index in [1.54, 1.807) is 6.92 Å². The molecule has 21 heavy (non-hydrogen) atoms. The van der Waals surface area contributed by atoms with Crippen molar-refractivity contribution < 1.29 is 13.6 Å². The Morgan fingerprint density at radius 2 is 2.19 bits per heavy atom. The molecule has 1 aromatic carbocycles. The van der Waals surface area contributed by atoms with Gasteiger partial charge >= 0.3 is 0 Å². The van der Waals surface area contributed by atoms with Crippen LogP contribution >= 0.6 is 0 Å². The van der Waals surface area contributed by atoms with E-state index in [0.717, 1.165) is 12.1 Å². The van der Waals surface area contributed by atoms with Gasteiger partial charge in [0, 0.05) is 6.54 Å². The summed E-state index contributed by atoms with van der Waals surface area (Å²) in [7, 11) is 0. The molecule has 3 N–H and O–H groups in total. The maximum Gasteiger partial charge on any atom is 0.273 e. The van der Waals surface area contributed by atoms with Crippen LogP contribution < -0.4 is 11.1 Å². The molecule has 2 rings (SSSR count). The van der Waals surface area contributed by atoms with E-state index >= 15 is 0 Å². The molecule has 1 unspecified atom stereocenters. The summed E-state index contributed by atoms with van der Waals surface area (Å²) in [5, 5.41) is 10.1. The molecule has 112 valence electrons. The standard InChI is InChI=1S/C13H15F2N5O/c1-8(9-2-3-10(14)11(15)6-9)17-13(21)12-7-20(5-4-16)19-18-12/h2-3,6-8H,4-5,16H2,1H3,(H,17,21). The van der Waals surface area contributed by atoms with Crippen LogP contribution in [0.3, 0.4) is 0 Å². The highest BCUT2D eigenvalue weighted by molar-refractivity contribution is 5.92. The van der Waals surface area contributed by atoms with Gasteiger partial charge in [-0.25, -0.2) is 8.78 Å². The van der Waals surface area contributed by atoms with Gasteiger partial charge in [-0.2, -0.15) is 0 Å². The summed E-state index contributed by atoms with van der Waals surface area (Å²) < 4.78 is 27.5. The number of benzene rings is 1. The van der Waals surface area contributed by atoms with Crippen molar-refractivity contribution in [2.45, 2.75) is 19.5 Å². The Hall–Kier alpha value is -2.35. The number of nitrogens with one attached hydrogen (secondary N) is 1. The average Bonchev–Trinajstić information content (AvgIpc) is 2.91. The van der Waals surface area contributed by atoms with E-state index in [0.29, 0.717) is 18.7 Å². The van der Waals surface area contributed by atoms with E-state index < -0.39 is 23.6 Å². The number of amides is 1. The molecule has 0 aliphatic heterocycles. The van der Waals surface area contributed by atoms with Crippen LogP contribution in [-0.4, -0.2) is 27.4 Å². The number of hydrogen-bond acceptors (Lipinski definition) is 4. The zero-order valence-corrected chi connectivity index (χ0v) is 11.4. The molecule has 1 atom stereocenters. The molecule has 8 heteroatoms. The number of hydrogen-bond donors (Lipinski definition) is 2. The predicted octanol–water partition coefficient (Wildman–Crippen LogP) is 1.01. The Bertz CT molecular complexity index is 643. The van der Waals surface area contributed by atoms with Gasteiger partial charge in [0.1, 0.15) is 0 Å². The van der Waals surface area contributed by atoms with Crippen molar-refractivity contribution in [3.8, 4) is 0 Å². The van der Waals surface area contributed by atoms with Crippen LogP contribution in [-0.2, 0) is 6.54 Å². The molecule has 0 fully saturated rings. The van der Waals surface area contributed by atoms with Crippen LogP contribution in [0.5, 0.6) is 0 Å². The Morgan fingerprint density at radius 3 is 2.86 bits per heavy atom. The summed E-state index contributed by atoms with van der Waals surface area (Å²) in [6.45, 7) is 2.50. The van der Waals surface area contributed by atoms with Crippen LogP contribution in [0.4, 0.5) is 8.78 Å². The summed E-state index contributed by atoms with van der Waals surface area (Å²) in [5.41, 5.74) is 5.97. The van der Waals surface area contributed by atoms with Crippen LogP contribution in [0.25, 0.3) is 0 Å². The summed E-state index contributed by atoms with van der Waals surface area (Å²) >= 11 is 0. The Morgan fingerprint density at radius 1 is 1.43 bits per heavy atom. The first-order valence-corrected chi connectivity index (χ1v) is 6.37. The highest BCUT2D eigenvalue weighted by atomic mass is 19.2. The average molecular weight is 295 g/mol. The third kappa shape index (κ3) is 3.60. The summed E-state index contributed by atoms with van der Waals surface area (Å²) in [5.74, 6) is -2.33. The fourth-order valence-electron chi connectivity index (χ4n) is 1.78. The third-order valence-electron chi connectivity index (χ3n) is 2.92. The SMILES string of the molecule is CC(NC(=O)c1cn(CCN)nn1)c1ccc(F)c(F)c1. The van der Waals surface area contributed by atoms with Crippen molar-refractivity contribution in [3.05, 3.63) is 47.3 Å². The van der Waals surface area contributed by atoms with Crippen molar-refractivity contribution in [2.24, 2.45) is 5.73 Å². The Labute approximate surface area is 119 Å². The quantitative estimate of drug-likeness (QED) is 0.862. The molecule has 0 saturated carbocycles. The first kappa shape index (κ1) is 15.0. The highest BCUT2D eigenvalue weighted by Gasteiger charge is 2.15.